The van der Waals surface area contributed by atoms with Crippen molar-refractivity contribution in [2.45, 2.75) is 76.6 Å². The van der Waals surface area contributed by atoms with E-state index in [0.717, 1.165) is 13.2 Å². The van der Waals surface area contributed by atoms with E-state index in [1.54, 1.807) is 0 Å². The molecule has 0 aromatic carbocycles. The number of hydrogen-bond acceptors (Lipinski definition) is 3. The van der Waals surface area contributed by atoms with E-state index in [2.05, 4.69) is 47.7 Å². The van der Waals surface area contributed by atoms with Crippen LogP contribution in [0.5, 0.6) is 0 Å². The Labute approximate surface area is 139 Å². The van der Waals surface area contributed by atoms with Crippen molar-refractivity contribution in [2.75, 3.05) is 13.2 Å². The van der Waals surface area contributed by atoms with Gasteiger partial charge in [0.15, 0.2) is 0 Å². The first-order chi connectivity index (χ1) is 9.97. The summed E-state index contributed by atoms with van der Waals surface area (Å²) in [6.45, 7) is 18.9. The summed E-state index contributed by atoms with van der Waals surface area (Å²) in [5, 5.41) is 1.97. The predicted molar refractivity (Wildman–Crippen MR) is 103 cm³/mol. The molecule has 1 unspecified atom stereocenters. The van der Waals surface area contributed by atoms with E-state index in [1.807, 2.05) is 17.2 Å². The Morgan fingerprint density at radius 2 is 1.48 bits per heavy atom. The maximum Gasteiger partial charge on any atom is 0.348 e. The van der Waals surface area contributed by atoms with Gasteiger partial charge in [-0.05, 0) is 32.2 Å². The molecule has 0 aliphatic carbocycles. The summed E-state index contributed by atoms with van der Waals surface area (Å²) in [6.07, 6.45) is 1.22. The molecule has 2 nitrogen and oxygen atoms in total. The van der Waals surface area contributed by atoms with Gasteiger partial charge in [0.1, 0.15) is 0 Å². The molecule has 0 spiro atoms. The van der Waals surface area contributed by atoms with E-state index in [-0.39, 0.29) is 0 Å². The van der Waals surface area contributed by atoms with Crippen molar-refractivity contribution in [1.82, 2.24) is 0 Å². The fourth-order valence-corrected chi connectivity index (χ4v) is 11.5. The average molecular weight is 349 g/mol. The second kappa shape index (κ2) is 11.1. The van der Waals surface area contributed by atoms with Gasteiger partial charge < -0.3 is 8.85 Å². The van der Waals surface area contributed by atoms with E-state index in [4.69, 9.17) is 8.85 Å². The third kappa shape index (κ3) is 6.61. The maximum absolute atomic E-state index is 6.11. The Bertz CT molecular complexity index is 269. The van der Waals surface area contributed by atoms with Crippen LogP contribution in [0.25, 0.3) is 0 Å². The molecule has 0 saturated carbocycles. The maximum atomic E-state index is 6.11. The predicted octanol–water partition coefficient (Wildman–Crippen LogP) is 5.81. The van der Waals surface area contributed by atoms with Crippen LogP contribution in [-0.4, -0.2) is 34.7 Å². The van der Waals surface area contributed by atoms with Gasteiger partial charge >= 0.3 is 8.56 Å². The van der Waals surface area contributed by atoms with Gasteiger partial charge in [0, 0.05) is 13.2 Å². The Morgan fingerprint density at radius 1 is 1.00 bits per heavy atom. The van der Waals surface area contributed by atoms with Crippen molar-refractivity contribution in [3.8, 4) is 0 Å². The fraction of sp³-hybridized carbons (Fsp3) is 0.875. The zero-order valence-corrected chi connectivity index (χ0v) is 17.9. The lowest BCUT2D eigenvalue weighted by molar-refractivity contribution is 0.187. The van der Waals surface area contributed by atoms with Crippen LogP contribution in [0.15, 0.2) is 12.0 Å². The highest BCUT2D eigenvalue weighted by Crippen LogP contribution is 2.34. The Morgan fingerprint density at radius 3 is 1.81 bits per heavy atom. The Kier molecular flexibility index (Phi) is 11.3. The van der Waals surface area contributed by atoms with Crippen LogP contribution in [0.2, 0.25) is 30.7 Å². The minimum atomic E-state index is -2.12. The van der Waals surface area contributed by atoms with Crippen molar-refractivity contribution in [3.63, 3.8) is 0 Å². The van der Waals surface area contributed by atoms with Crippen molar-refractivity contribution < 1.29 is 8.85 Å². The third-order valence-electron chi connectivity index (χ3n) is 4.89. The number of thioether (sulfide) groups is 1. The molecule has 5 heteroatoms. The zero-order chi connectivity index (χ0) is 16.4. The largest absolute Gasteiger partial charge is 0.394 e. The quantitative estimate of drug-likeness (QED) is 0.391. The Hall–Kier alpha value is 0.444. The molecule has 0 amide bonds. The van der Waals surface area contributed by atoms with Crippen molar-refractivity contribution in [2.24, 2.45) is 0 Å². The minimum Gasteiger partial charge on any atom is -0.394 e. The summed E-state index contributed by atoms with van der Waals surface area (Å²) in [6, 6.07) is 5.58. The average Bonchev–Trinajstić information content (AvgIpc) is 2.48. The van der Waals surface area contributed by atoms with Crippen LogP contribution in [0.4, 0.5) is 0 Å². The molecule has 1 atom stereocenters. The number of rotatable bonds is 13. The topological polar surface area (TPSA) is 18.5 Å². The monoisotopic (exact) mass is 348 g/mol. The van der Waals surface area contributed by atoms with Crippen molar-refractivity contribution in [1.29, 1.82) is 0 Å². The van der Waals surface area contributed by atoms with Gasteiger partial charge in [0.05, 0.1) is 12.9 Å². The van der Waals surface area contributed by atoms with Gasteiger partial charge in [-0.15, -0.1) is 11.8 Å². The summed E-state index contributed by atoms with van der Waals surface area (Å²) in [5.41, 5.74) is 0. The third-order valence-corrected chi connectivity index (χ3v) is 16.4. The van der Waals surface area contributed by atoms with Crippen LogP contribution in [0, 0.1) is 0 Å². The Balaban J connectivity index is 4.98. The van der Waals surface area contributed by atoms with E-state index in [9.17, 15) is 0 Å². The van der Waals surface area contributed by atoms with Crippen LogP contribution in [-0.2, 0) is 8.85 Å². The molecule has 0 fully saturated rings. The fourth-order valence-electron chi connectivity index (χ4n) is 3.09. The van der Waals surface area contributed by atoms with Crippen molar-refractivity contribution >= 4 is 28.4 Å². The summed E-state index contributed by atoms with van der Waals surface area (Å²) in [4.78, 5) is 0.464. The van der Waals surface area contributed by atoms with E-state index < -0.39 is 16.6 Å². The van der Waals surface area contributed by atoms with Crippen LogP contribution in [0.1, 0.15) is 41.0 Å². The molecule has 0 rings (SSSR count). The first kappa shape index (κ1) is 21.4. The summed E-state index contributed by atoms with van der Waals surface area (Å²) in [7, 11) is -3.19. The second-order valence-electron chi connectivity index (χ2n) is 5.77. The molecule has 0 bridgehead atoms. The molecule has 0 heterocycles. The molecule has 0 saturated heterocycles. The van der Waals surface area contributed by atoms with Gasteiger partial charge in [-0.3, -0.25) is 0 Å². The zero-order valence-electron chi connectivity index (χ0n) is 15.0. The van der Waals surface area contributed by atoms with Crippen molar-refractivity contribution in [3.05, 3.63) is 12.0 Å². The van der Waals surface area contributed by atoms with Crippen LogP contribution >= 0.6 is 11.8 Å². The van der Waals surface area contributed by atoms with Gasteiger partial charge in [-0.1, -0.05) is 51.5 Å². The smallest absolute Gasteiger partial charge is 0.348 e. The number of hydrogen-bond donors (Lipinski definition) is 0. The van der Waals surface area contributed by atoms with Gasteiger partial charge in [-0.25, -0.2) is 0 Å². The molecule has 126 valence electrons. The highest BCUT2D eigenvalue weighted by atomic mass is 32.2. The van der Waals surface area contributed by atoms with Gasteiger partial charge in [0.25, 0.3) is 0 Å². The summed E-state index contributed by atoms with van der Waals surface area (Å²) < 4.78 is 12.2. The van der Waals surface area contributed by atoms with E-state index in [0.29, 0.717) is 4.87 Å². The van der Waals surface area contributed by atoms with E-state index >= 15 is 0 Å². The molecule has 0 aromatic rings. The molecular weight excluding hydrogens is 312 g/mol. The lowest BCUT2D eigenvalue weighted by Crippen LogP contribution is -2.50. The molecule has 0 aromatic heterocycles. The van der Waals surface area contributed by atoms with E-state index in [1.165, 1.54) is 30.6 Å². The highest BCUT2D eigenvalue weighted by Gasteiger charge is 2.42. The molecule has 0 radical (unpaired) electrons. The molecule has 0 N–H and O–H groups in total. The first-order valence-corrected chi connectivity index (χ1v) is 14.7. The van der Waals surface area contributed by atoms with Gasteiger partial charge in [-0.2, -0.15) is 0 Å². The van der Waals surface area contributed by atoms with Crippen LogP contribution < -0.4 is 0 Å². The lowest BCUT2D eigenvalue weighted by atomic mass is 10.6. The minimum absolute atomic E-state index is 0.464. The summed E-state index contributed by atoms with van der Waals surface area (Å²) >= 11 is 1.83. The lowest BCUT2D eigenvalue weighted by Gasteiger charge is -2.36. The SMILES string of the molecule is C=CSC(CC[Si](CC)(CC)CC)[Si](C)(OCC)OCC. The standard InChI is InChI=1S/C16H36O2SSi2/c1-8-17-20(7,18-9-2)16(19-10-3)14-15-21(11-4,12-5)13-6/h10,16H,3,8-9,11-15H2,1-2,4-7H3. The normalized spacial score (nSPS) is 14.2. The van der Waals surface area contributed by atoms with Gasteiger partial charge in [0.2, 0.25) is 0 Å². The molecular formula is C16H36O2SSi2. The molecule has 21 heavy (non-hydrogen) atoms. The second-order valence-corrected chi connectivity index (χ2v) is 16.3. The molecule has 0 aliphatic heterocycles. The first-order valence-electron chi connectivity index (χ1n) is 8.51. The summed E-state index contributed by atoms with van der Waals surface area (Å²) in [5.74, 6) is 0. The highest BCUT2D eigenvalue weighted by molar-refractivity contribution is 8.04. The molecule has 0 aliphatic rings. The van der Waals surface area contributed by atoms with Crippen LogP contribution in [0.3, 0.4) is 0 Å².